The number of sulfonamides is 1. The summed E-state index contributed by atoms with van der Waals surface area (Å²) in [5, 5.41) is 0.536. The Hall–Kier alpha value is -3.65. The minimum atomic E-state index is -3.95. The van der Waals surface area contributed by atoms with E-state index in [0.717, 1.165) is 22.4 Å². The number of nitrogens with zero attached hydrogens (tertiary/aromatic N) is 2. The van der Waals surface area contributed by atoms with Crippen LogP contribution in [0.25, 0.3) is 0 Å². The first-order chi connectivity index (χ1) is 19.3. The van der Waals surface area contributed by atoms with Gasteiger partial charge in [-0.05, 0) is 72.5 Å². The molecule has 2 heterocycles. The van der Waals surface area contributed by atoms with Gasteiger partial charge < -0.3 is 9.64 Å². The van der Waals surface area contributed by atoms with E-state index in [1.165, 1.54) is 4.31 Å². The summed E-state index contributed by atoms with van der Waals surface area (Å²) in [7, 11) is -2.36. The van der Waals surface area contributed by atoms with Crippen LogP contribution < -0.4 is 9.64 Å². The van der Waals surface area contributed by atoms with Gasteiger partial charge in [-0.25, -0.2) is 8.42 Å². The molecule has 0 aromatic heterocycles. The summed E-state index contributed by atoms with van der Waals surface area (Å²) in [5.41, 5.74) is 3.05. The number of carbonyl (C=O) groups is 1. The normalized spacial score (nSPS) is 20.7. The van der Waals surface area contributed by atoms with Crippen molar-refractivity contribution >= 4 is 33.2 Å². The molecule has 0 bridgehead atoms. The molecule has 1 saturated heterocycles. The van der Waals surface area contributed by atoms with Gasteiger partial charge in [0.2, 0.25) is 15.9 Å². The van der Waals surface area contributed by atoms with Gasteiger partial charge in [0.15, 0.2) is 0 Å². The van der Waals surface area contributed by atoms with Crippen LogP contribution in [-0.4, -0.2) is 32.3 Å². The van der Waals surface area contributed by atoms with Gasteiger partial charge in [-0.15, -0.1) is 0 Å². The number of anilines is 1. The molecule has 0 aliphatic carbocycles. The molecule has 204 valence electrons. The van der Waals surface area contributed by atoms with E-state index < -0.39 is 21.5 Å². The fourth-order valence-electron chi connectivity index (χ4n) is 6.13. The number of amides is 1. The fourth-order valence-corrected chi connectivity index (χ4v) is 7.92. The number of aryl methyl sites for hydroxylation is 1. The van der Waals surface area contributed by atoms with E-state index in [-0.39, 0.29) is 17.3 Å². The highest BCUT2D eigenvalue weighted by atomic mass is 35.5. The molecule has 2 atom stereocenters. The molecule has 1 fully saturated rings. The monoisotopic (exact) mass is 572 g/mol. The van der Waals surface area contributed by atoms with Crippen molar-refractivity contribution in [2.45, 2.75) is 36.2 Å². The van der Waals surface area contributed by atoms with Crippen LogP contribution >= 0.6 is 11.6 Å². The lowest BCUT2D eigenvalue weighted by atomic mass is 9.72. The molecule has 4 aromatic carbocycles. The number of ether oxygens (including phenoxy) is 1. The first-order valence-corrected chi connectivity index (χ1v) is 15.0. The predicted octanol–water partition coefficient (Wildman–Crippen LogP) is 6.28. The van der Waals surface area contributed by atoms with Gasteiger partial charge in [-0.2, -0.15) is 4.31 Å². The summed E-state index contributed by atoms with van der Waals surface area (Å²) < 4.78 is 35.5. The Balaban J connectivity index is 1.55. The summed E-state index contributed by atoms with van der Waals surface area (Å²) in [6.45, 7) is 2.48. The molecule has 2 aliphatic heterocycles. The Morgan fingerprint density at radius 1 is 0.950 bits per heavy atom. The van der Waals surface area contributed by atoms with Crippen molar-refractivity contribution in [2.75, 3.05) is 18.6 Å². The SMILES string of the molecule is COc1ccc2c(c1)C1(CCN(S(=O)(=O)c3ccc(C)cc3)C1c1ccc(Cl)cc1)C(=O)N2Cc1ccccc1. The second kappa shape index (κ2) is 10.1. The smallest absolute Gasteiger partial charge is 0.243 e. The van der Waals surface area contributed by atoms with Gasteiger partial charge in [0, 0.05) is 17.3 Å². The maximum atomic E-state index is 14.7. The second-order valence-corrected chi connectivity index (χ2v) is 12.7. The Morgan fingerprint density at radius 3 is 2.33 bits per heavy atom. The first-order valence-electron chi connectivity index (χ1n) is 13.1. The molecule has 4 aromatic rings. The van der Waals surface area contributed by atoms with Gasteiger partial charge in [0.05, 0.1) is 30.0 Å². The molecular formula is C32H29ClN2O4S. The van der Waals surface area contributed by atoms with Crippen molar-refractivity contribution in [1.82, 2.24) is 4.31 Å². The zero-order valence-electron chi connectivity index (χ0n) is 22.2. The van der Waals surface area contributed by atoms with E-state index >= 15 is 0 Å². The number of fused-ring (bicyclic) bond motifs is 2. The summed E-state index contributed by atoms with van der Waals surface area (Å²) in [4.78, 5) is 16.7. The molecular weight excluding hydrogens is 544 g/mol. The van der Waals surface area contributed by atoms with Crippen molar-refractivity contribution in [3.63, 3.8) is 0 Å². The highest BCUT2D eigenvalue weighted by molar-refractivity contribution is 7.89. The largest absolute Gasteiger partial charge is 0.497 e. The van der Waals surface area contributed by atoms with E-state index in [4.69, 9.17) is 16.3 Å². The Morgan fingerprint density at radius 2 is 1.65 bits per heavy atom. The van der Waals surface area contributed by atoms with Gasteiger partial charge in [-0.3, -0.25) is 4.79 Å². The van der Waals surface area contributed by atoms with Crippen LogP contribution in [0.2, 0.25) is 5.02 Å². The van der Waals surface area contributed by atoms with Crippen LogP contribution in [0.4, 0.5) is 5.69 Å². The number of benzene rings is 4. The van der Waals surface area contributed by atoms with Gasteiger partial charge in [-0.1, -0.05) is 71.8 Å². The van der Waals surface area contributed by atoms with Crippen molar-refractivity contribution in [3.05, 3.63) is 124 Å². The van der Waals surface area contributed by atoms with E-state index in [0.29, 0.717) is 29.3 Å². The summed E-state index contributed by atoms with van der Waals surface area (Å²) in [5.74, 6) is 0.489. The molecule has 1 amide bonds. The number of halogens is 1. The number of hydrogen-bond acceptors (Lipinski definition) is 4. The first kappa shape index (κ1) is 26.6. The third-order valence-corrected chi connectivity index (χ3v) is 10.2. The number of hydrogen-bond donors (Lipinski definition) is 0. The van der Waals surface area contributed by atoms with Crippen LogP contribution in [0.1, 0.15) is 34.7 Å². The van der Waals surface area contributed by atoms with E-state index in [1.807, 2.05) is 67.6 Å². The van der Waals surface area contributed by atoms with E-state index in [2.05, 4.69) is 0 Å². The molecule has 6 rings (SSSR count). The lowest BCUT2D eigenvalue weighted by molar-refractivity contribution is -0.124. The summed E-state index contributed by atoms with van der Waals surface area (Å²) in [6.07, 6.45) is 0.329. The topological polar surface area (TPSA) is 66.9 Å². The Kier molecular flexibility index (Phi) is 6.69. The lowest BCUT2D eigenvalue weighted by Gasteiger charge is -2.35. The number of carbonyl (C=O) groups excluding carboxylic acids is 1. The van der Waals surface area contributed by atoms with E-state index in [1.54, 1.807) is 48.4 Å². The van der Waals surface area contributed by atoms with Crippen LogP contribution in [0.15, 0.2) is 102 Å². The maximum absolute atomic E-state index is 14.7. The highest BCUT2D eigenvalue weighted by Gasteiger charge is 2.63. The number of methoxy groups -OCH3 is 1. The highest BCUT2D eigenvalue weighted by Crippen LogP contribution is 2.58. The van der Waals surface area contributed by atoms with Crippen molar-refractivity contribution < 1.29 is 17.9 Å². The fraction of sp³-hybridized carbons (Fsp3) is 0.219. The third-order valence-electron chi connectivity index (χ3n) is 8.08. The van der Waals surface area contributed by atoms with Crippen LogP contribution in [-0.2, 0) is 26.8 Å². The Bertz CT molecular complexity index is 1670. The molecule has 40 heavy (non-hydrogen) atoms. The average Bonchev–Trinajstić information content (AvgIpc) is 3.48. The maximum Gasteiger partial charge on any atom is 0.243 e. The molecule has 0 radical (unpaired) electrons. The minimum absolute atomic E-state index is 0.124. The van der Waals surface area contributed by atoms with E-state index in [9.17, 15) is 13.2 Å². The van der Waals surface area contributed by atoms with Crippen LogP contribution in [0.3, 0.4) is 0 Å². The zero-order valence-corrected chi connectivity index (χ0v) is 23.8. The minimum Gasteiger partial charge on any atom is -0.497 e. The molecule has 6 nitrogen and oxygen atoms in total. The van der Waals surface area contributed by atoms with Crippen LogP contribution in [0.5, 0.6) is 5.75 Å². The average molecular weight is 573 g/mol. The van der Waals surface area contributed by atoms with Crippen molar-refractivity contribution in [3.8, 4) is 5.75 Å². The quantitative estimate of drug-likeness (QED) is 0.273. The molecule has 2 aliphatic rings. The summed E-state index contributed by atoms with van der Waals surface area (Å²) >= 11 is 6.25. The summed E-state index contributed by atoms with van der Waals surface area (Å²) in [6, 6.07) is 28.6. The predicted molar refractivity (Wildman–Crippen MR) is 156 cm³/mol. The van der Waals surface area contributed by atoms with Crippen molar-refractivity contribution in [1.29, 1.82) is 0 Å². The third kappa shape index (κ3) is 4.20. The molecule has 8 heteroatoms. The molecule has 2 unspecified atom stereocenters. The second-order valence-electron chi connectivity index (χ2n) is 10.4. The van der Waals surface area contributed by atoms with Gasteiger partial charge in [0.25, 0.3) is 0 Å². The van der Waals surface area contributed by atoms with Crippen LogP contribution in [0, 0.1) is 6.92 Å². The molecule has 0 N–H and O–H groups in total. The van der Waals surface area contributed by atoms with Gasteiger partial charge >= 0.3 is 0 Å². The molecule has 1 spiro atoms. The molecule has 0 saturated carbocycles. The van der Waals surface area contributed by atoms with Gasteiger partial charge in [0.1, 0.15) is 5.75 Å². The zero-order chi connectivity index (χ0) is 28.1. The lowest BCUT2D eigenvalue weighted by Crippen LogP contribution is -2.45. The van der Waals surface area contributed by atoms with Crippen molar-refractivity contribution in [2.24, 2.45) is 0 Å². The Labute approximate surface area is 239 Å². The standard InChI is InChI=1S/C32H29ClN2O4S/c1-22-8-15-27(16-9-22)40(37,38)35-19-18-32(30(35)24-10-12-25(33)13-11-24)28-20-26(39-2)14-17-29(28)34(31(32)36)21-23-6-4-3-5-7-23/h3-17,20,30H,18-19,21H2,1-2H3. The number of rotatable bonds is 6.